The summed E-state index contributed by atoms with van der Waals surface area (Å²) in [5, 5.41) is 12.9. The van der Waals surface area contributed by atoms with Gasteiger partial charge >= 0.3 is 5.97 Å². The Hall–Kier alpha value is -3.77. The van der Waals surface area contributed by atoms with Crippen LogP contribution in [0, 0.1) is 6.92 Å². The van der Waals surface area contributed by atoms with Gasteiger partial charge in [0.05, 0.1) is 10.2 Å². The Morgan fingerprint density at radius 3 is 2.53 bits per heavy atom. The number of fused-ring (bicyclic) bond motifs is 1. The lowest BCUT2D eigenvalue weighted by Crippen LogP contribution is -2.11. The first-order chi connectivity index (χ1) is 15.5. The van der Waals surface area contributed by atoms with E-state index in [0.717, 1.165) is 31.9 Å². The zero-order chi connectivity index (χ0) is 22.5. The molecule has 2 N–H and O–H groups in total. The molecule has 0 spiro atoms. The summed E-state index contributed by atoms with van der Waals surface area (Å²) in [7, 11) is 0. The molecule has 0 saturated heterocycles. The van der Waals surface area contributed by atoms with E-state index in [1.807, 2.05) is 73.7 Å². The third kappa shape index (κ3) is 5.28. The van der Waals surface area contributed by atoms with Crippen molar-refractivity contribution < 1.29 is 14.7 Å². The average molecular weight is 443 g/mol. The van der Waals surface area contributed by atoms with Gasteiger partial charge in [-0.05, 0) is 67.0 Å². The van der Waals surface area contributed by atoms with Gasteiger partial charge in [0.15, 0.2) is 0 Å². The number of hydrogen-bond donors (Lipinski definition) is 2. The summed E-state index contributed by atoms with van der Waals surface area (Å²) in [4.78, 5) is 28.4. The van der Waals surface area contributed by atoms with Gasteiger partial charge < -0.3 is 10.4 Å². The summed E-state index contributed by atoms with van der Waals surface area (Å²) in [5.74, 6) is -1.03. The first kappa shape index (κ1) is 21.5. The summed E-state index contributed by atoms with van der Waals surface area (Å²) < 4.78 is 1.06. The van der Waals surface area contributed by atoms with Crippen molar-refractivity contribution in [2.24, 2.45) is 0 Å². The standard InChI is InChI=1S/C26H22N2O3S/c1-17-9-11-19(12-10-17)25(31)27-21-6-4-5-18(16-21)15-20(13-14-24(29)30)26-28-22-7-2-3-8-23(22)32-26/h2-12,15-16H,13-14H2,1H3,(H,27,31)(H,29,30)/b20-15-. The second kappa shape index (κ2) is 9.58. The molecule has 0 radical (unpaired) electrons. The van der Waals surface area contributed by atoms with Crippen molar-refractivity contribution in [3.05, 3.63) is 94.5 Å². The molecular weight excluding hydrogens is 420 g/mol. The molecule has 0 saturated carbocycles. The molecule has 1 aromatic heterocycles. The maximum atomic E-state index is 12.6. The van der Waals surface area contributed by atoms with E-state index < -0.39 is 5.97 Å². The minimum atomic E-state index is -0.851. The second-order valence-electron chi connectivity index (χ2n) is 7.50. The number of para-hydroxylation sites is 1. The minimum Gasteiger partial charge on any atom is -0.481 e. The van der Waals surface area contributed by atoms with E-state index in [9.17, 15) is 14.7 Å². The van der Waals surface area contributed by atoms with E-state index in [2.05, 4.69) is 5.32 Å². The number of rotatable bonds is 7. The van der Waals surface area contributed by atoms with E-state index in [1.54, 1.807) is 23.5 Å². The number of aliphatic carboxylic acids is 1. The number of allylic oxidation sites excluding steroid dienone is 1. The molecule has 5 nitrogen and oxygen atoms in total. The van der Waals surface area contributed by atoms with E-state index >= 15 is 0 Å². The zero-order valence-corrected chi connectivity index (χ0v) is 18.4. The SMILES string of the molecule is Cc1ccc(C(=O)Nc2cccc(/C=C(/CCC(=O)O)c3nc4ccccc4s3)c2)cc1. The van der Waals surface area contributed by atoms with Crippen LogP contribution in [0.2, 0.25) is 0 Å². The number of amides is 1. The smallest absolute Gasteiger partial charge is 0.303 e. The molecule has 1 heterocycles. The largest absolute Gasteiger partial charge is 0.481 e. The number of nitrogens with zero attached hydrogens (tertiary/aromatic N) is 1. The van der Waals surface area contributed by atoms with Crippen LogP contribution in [0.15, 0.2) is 72.8 Å². The molecule has 0 unspecified atom stereocenters. The minimum absolute atomic E-state index is 0.0195. The fourth-order valence-corrected chi connectivity index (χ4v) is 4.32. The predicted octanol–water partition coefficient (Wildman–Crippen LogP) is 6.26. The van der Waals surface area contributed by atoms with Gasteiger partial charge in [0.25, 0.3) is 5.91 Å². The summed E-state index contributed by atoms with van der Waals surface area (Å²) in [6, 6.07) is 22.8. The average Bonchev–Trinajstić information content (AvgIpc) is 3.21. The van der Waals surface area contributed by atoms with Crippen molar-refractivity contribution in [1.82, 2.24) is 4.98 Å². The molecule has 0 fully saturated rings. The number of thiazole rings is 1. The molecule has 1 amide bonds. The van der Waals surface area contributed by atoms with Gasteiger partial charge in [0.2, 0.25) is 0 Å². The normalized spacial score (nSPS) is 11.5. The number of carbonyl (C=O) groups excluding carboxylic acids is 1. The number of nitrogens with one attached hydrogen (secondary N) is 1. The van der Waals surface area contributed by atoms with Crippen LogP contribution in [0.4, 0.5) is 5.69 Å². The van der Waals surface area contributed by atoms with Crippen LogP contribution in [0.1, 0.15) is 39.3 Å². The van der Waals surface area contributed by atoms with Crippen LogP contribution in [0.5, 0.6) is 0 Å². The molecule has 160 valence electrons. The zero-order valence-electron chi connectivity index (χ0n) is 17.5. The molecule has 0 aliphatic carbocycles. The van der Waals surface area contributed by atoms with Gasteiger partial charge in [-0.3, -0.25) is 9.59 Å². The van der Waals surface area contributed by atoms with Gasteiger partial charge in [-0.1, -0.05) is 42.0 Å². The molecule has 6 heteroatoms. The Balaban J connectivity index is 1.61. The Morgan fingerprint density at radius 2 is 1.78 bits per heavy atom. The highest BCUT2D eigenvalue weighted by Crippen LogP contribution is 2.31. The van der Waals surface area contributed by atoms with Crippen LogP contribution in [0.3, 0.4) is 0 Å². The summed E-state index contributed by atoms with van der Waals surface area (Å²) >= 11 is 1.55. The van der Waals surface area contributed by atoms with E-state index in [1.165, 1.54) is 0 Å². The Labute approximate surface area is 190 Å². The van der Waals surface area contributed by atoms with Crippen LogP contribution in [-0.4, -0.2) is 22.0 Å². The monoisotopic (exact) mass is 442 g/mol. The van der Waals surface area contributed by atoms with Crippen molar-refractivity contribution >= 4 is 50.8 Å². The van der Waals surface area contributed by atoms with Crippen LogP contribution in [-0.2, 0) is 4.79 Å². The van der Waals surface area contributed by atoms with Crippen LogP contribution in [0.25, 0.3) is 21.9 Å². The Bertz CT molecular complexity index is 1270. The van der Waals surface area contributed by atoms with Gasteiger partial charge in [-0.25, -0.2) is 4.98 Å². The summed E-state index contributed by atoms with van der Waals surface area (Å²) in [6.07, 6.45) is 2.34. The third-order valence-electron chi connectivity index (χ3n) is 4.98. The van der Waals surface area contributed by atoms with Crippen molar-refractivity contribution in [1.29, 1.82) is 0 Å². The van der Waals surface area contributed by atoms with E-state index in [0.29, 0.717) is 17.7 Å². The molecular formula is C26H22N2O3S. The van der Waals surface area contributed by atoms with Crippen LogP contribution < -0.4 is 5.32 Å². The predicted molar refractivity (Wildman–Crippen MR) is 130 cm³/mol. The number of carboxylic acids is 1. The van der Waals surface area contributed by atoms with Crippen molar-refractivity contribution in [3.8, 4) is 0 Å². The van der Waals surface area contributed by atoms with Crippen LogP contribution >= 0.6 is 11.3 Å². The quantitative estimate of drug-likeness (QED) is 0.354. The number of anilines is 1. The molecule has 3 aromatic carbocycles. The van der Waals surface area contributed by atoms with E-state index in [4.69, 9.17) is 4.98 Å². The number of benzene rings is 3. The molecule has 0 atom stereocenters. The highest BCUT2D eigenvalue weighted by Gasteiger charge is 2.12. The van der Waals surface area contributed by atoms with Crippen molar-refractivity contribution in [2.75, 3.05) is 5.32 Å². The highest BCUT2D eigenvalue weighted by molar-refractivity contribution is 7.19. The van der Waals surface area contributed by atoms with Gasteiger partial charge in [0, 0.05) is 17.7 Å². The summed E-state index contributed by atoms with van der Waals surface area (Å²) in [5.41, 5.74) is 4.98. The highest BCUT2D eigenvalue weighted by atomic mass is 32.1. The van der Waals surface area contributed by atoms with Crippen molar-refractivity contribution in [2.45, 2.75) is 19.8 Å². The van der Waals surface area contributed by atoms with E-state index in [-0.39, 0.29) is 12.3 Å². The topological polar surface area (TPSA) is 79.3 Å². The maximum absolute atomic E-state index is 12.6. The molecule has 4 aromatic rings. The first-order valence-electron chi connectivity index (χ1n) is 10.2. The number of aryl methyl sites for hydroxylation is 1. The molecule has 0 bridgehead atoms. The fraction of sp³-hybridized carbons (Fsp3) is 0.115. The van der Waals surface area contributed by atoms with Crippen molar-refractivity contribution in [3.63, 3.8) is 0 Å². The lowest BCUT2D eigenvalue weighted by atomic mass is 10.1. The number of aromatic nitrogens is 1. The van der Waals surface area contributed by atoms with Gasteiger partial charge in [0.1, 0.15) is 5.01 Å². The molecule has 32 heavy (non-hydrogen) atoms. The lowest BCUT2D eigenvalue weighted by molar-refractivity contribution is -0.136. The first-order valence-corrected chi connectivity index (χ1v) is 11.1. The Morgan fingerprint density at radius 1 is 1.00 bits per heavy atom. The molecule has 0 aliphatic rings. The van der Waals surface area contributed by atoms with Gasteiger partial charge in [-0.2, -0.15) is 0 Å². The summed E-state index contributed by atoms with van der Waals surface area (Å²) in [6.45, 7) is 1.98. The number of carboxylic acid groups (broad SMARTS) is 1. The third-order valence-corrected chi connectivity index (χ3v) is 6.09. The maximum Gasteiger partial charge on any atom is 0.303 e. The Kier molecular flexibility index (Phi) is 6.42. The number of hydrogen-bond acceptors (Lipinski definition) is 4. The van der Waals surface area contributed by atoms with Gasteiger partial charge in [-0.15, -0.1) is 11.3 Å². The number of carbonyl (C=O) groups is 2. The molecule has 4 rings (SSSR count). The fourth-order valence-electron chi connectivity index (χ4n) is 3.31. The lowest BCUT2D eigenvalue weighted by Gasteiger charge is -2.08. The molecule has 0 aliphatic heterocycles. The second-order valence-corrected chi connectivity index (χ2v) is 8.53.